The lowest BCUT2D eigenvalue weighted by Crippen LogP contribution is -2.63. The maximum absolute atomic E-state index is 12.1. The van der Waals surface area contributed by atoms with Gasteiger partial charge in [-0.05, 0) is 0 Å². The Morgan fingerprint density at radius 2 is 1.48 bits per heavy atom. The number of carbonyl (C=O) groups excluding carboxylic acids is 1. The molecule has 0 aromatic carbocycles. The molecule has 1 fully saturated rings. The molecule has 11 heteroatoms. The number of ether oxygens (including phenoxy) is 1. The number of carbonyl (C=O) groups is 1. The zero-order valence-corrected chi connectivity index (χ0v) is 12.0. The van der Waals surface area contributed by atoms with Crippen molar-refractivity contribution in [3.05, 3.63) is 0 Å². The molecular formula is C12H22O11. The van der Waals surface area contributed by atoms with Crippen molar-refractivity contribution in [3.8, 4) is 0 Å². The van der Waals surface area contributed by atoms with Gasteiger partial charge in [0, 0.05) is 0 Å². The summed E-state index contributed by atoms with van der Waals surface area (Å²) in [5.41, 5.74) is 0. The summed E-state index contributed by atoms with van der Waals surface area (Å²) < 4.78 is 4.91. The third-order valence-electron chi connectivity index (χ3n) is 3.72. The van der Waals surface area contributed by atoms with Gasteiger partial charge in [0.1, 0.15) is 54.9 Å². The molecule has 0 aliphatic carbocycles. The Kier molecular flexibility index (Phi) is 7.41. The Morgan fingerprint density at radius 1 is 0.913 bits per heavy atom. The van der Waals surface area contributed by atoms with E-state index in [-0.39, 0.29) is 0 Å². The second-order valence-corrected chi connectivity index (χ2v) is 5.33. The van der Waals surface area contributed by atoms with E-state index in [0.717, 1.165) is 0 Å². The minimum absolute atomic E-state index is 0.792. The maximum Gasteiger partial charge on any atom is 0.195 e. The Balaban J connectivity index is 2.85. The molecule has 136 valence electrons. The Labute approximate surface area is 130 Å². The van der Waals surface area contributed by atoms with Crippen molar-refractivity contribution in [3.63, 3.8) is 0 Å². The van der Waals surface area contributed by atoms with Gasteiger partial charge in [0.05, 0.1) is 13.2 Å². The van der Waals surface area contributed by atoms with E-state index < -0.39 is 73.9 Å². The maximum atomic E-state index is 12.1. The van der Waals surface area contributed by atoms with E-state index in [0.29, 0.717) is 0 Å². The highest BCUT2D eigenvalue weighted by molar-refractivity contribution is 5.88. The van der Waals surface area contributed by atoms with Crippen molar-refractivity contribution in [2.45, 2.75) is 54.9 Å². The third kappa shape index (κ3) is 4.22. The molecule has 1 saturated heterocycles. The Hall–Kier alpha value is -0.730. The van der Waals surface area contributed by atoms with Crippen LogP contribution in [0.2, 0.25) is 0 Å². The molecule has 0 bridgehead atoms. The van der Waals surface area contributed by atoms with Crippen molar-refractivity contribution in [1.29, 1.82) is 0 Å². The van der Waals surface area contributed by atoms with Gasteiger partial charge in [0.2, 0.25) is 0 Å². The van der Waals surface area contributed by atoms with E-state index in [1.54, 1.807) is 0 Å². The van der Waals surface area contributed by atoms with E-state index in [9.17, 15) is 40.5 Å². The summed E-state index contributed by atoms with van der Waals surface area (Å²) in [5.74, 6) is -1.35. The molecule has 1 rings (SSSR count). The predicted octanol–water partition coefficient (Wildman–Crippen LogP) is -6.17. The molecule has 9 N–H and O–H groups in total. The second kappa shape index (κ2) is 8.39. The standard InChI is InChI=1S/C12H22O11/c13-1-3(15)5(16)7(18)9(20)11(22)12-10(21)8(19)6(17)4(2-14)23-12/h3-10,12-21H,1-2H2/t3-,4-,5-,6-,7+,8+,9-,10+,12?/m1/s1. The van der Waals surface area contributed by atoms with E-state index >= 15 is 0 Å². The molecule has 0 amide bonds. The predicted molar refractivity (Wildman–Crippen MR) is 69.9 cm³/mol. The van der Waals surface area contributed by atoms with Crippen LogP contribution in [0.1, 0.15) is 0 Å². The van der Waals surface area contributed by atoms with E-state index in [2.05, 4.69) is 0 Å². The number of aliphatic hydroxyl groups excluding tert-OH is 9. The SMILES string of the molecule is O=C(C1O[C@H](CO)[C@@H](O)[C@H](O)[C@@H]1O)[C@H](O)[C@@H](O)[C@H](O)[C@H](O)CO. The topological polar surface area (TPSA) is 208 Å². The molecule has 1 unspecified atom stereocenters. The van der Waals surface area contributed by atoms with Crippen LogP contribution >= 0.6 is 0 Å². The van der Waals surface area contributed by atoms with Crippen LogP contribution in [-0.4, -0.2) is 120 Å². The first kappa shape index (κ1) is 20.3. The molecule has 0 saturated carbocycles. The summed E-state index contributed by atoms with van der Waals surface area (Å²) in [6, 6.07) is 0. The molecule has 1 heterocycles. The molecule has 0 aromatic heterocycles. The van der Waals surface area contributed by atoms with Gasteiger partial charge >= 0.3 is 0 Å². The van der Waals surface area contributed by atoms with Crippen LogP contribution in [0.15, 0.2) is 0 Å². The summed E-state index contributed by atoms with van der Waals surface area (Å²) in [5, 5.41) is 84.5. The minimum atomic E-state index is -2.33. The number of Topliss-reactive ketones (excluding diaryl/α,β-unsaturated/α-hetero) is 1. The Bertz CT molecular complexity index is 389. The summed E-state index contributed by atoms with van der Waals surface area (Å²) in [6.45, 7) is -1.74. The van der Waals surface area contributed by atoms with E-state index in [1.807, 2.05) is 0 Å². The molecule has 0 aromatic rings. The first-order valence-electron chi connectivity index (χ1n) is 6.84. The molecule has 23 heavy (non-hydrogen) atoms. The van der Waals surface area contributed by atoms with Gasteiger partial charge in [0.15, 0.2) is 5.78 Å². The normalized spacial score (nSPS) is 37.0. The molecule has 0 radical (unpaired) electrons. The minimum Gasteiger partial charge on any atom is -0.394 e. The average Bonchev–Trinajstić information content (AvgIpc) is 2.56. The lowest BCUT2D eigenvalue weighted by molar-refractivity contribution is -0.231. The lowest BCUT2D eigenvalue weighted by atomic mass is 9.89. The van der Waals surface area contributed by atoms with Crippen LogP contribution < -0.4 is 0 Å². The van der Waals surface area contributed by atoms with Gasteiger partial charge in [-0.25, -0.2) is 0 Å². The van der Waals surface area contributed by atoms with Crippen molar-refractivity contribution in [2.75, 3.05) is 13.2 Å². The zero-order valence-electron chi connectivity index (χ0n) is 12.0. The number of hydrogen-bond acceptors (Lipinski definition) is 11. The monoisotopic (exact) mass is 342 g/mol. The van der Waals surface area contributed by atoms with Gasteiger partial charge in [-0.15, -0.1) is 0 Å². The van der Waals surface area contributed by atoms with Gasteiger partial charge < -0.3 is 50.7 Å². The highest BCUT2D eigenvalue weighted by Crippen LogP contribution is 2.23. The van der Waals surface area contributed by atoms with Gasteiger partial charge in [-0.1, -0.05) is 0 Å². The molecule has 11 nitrogen and oxygen atoms in total. The molecule has 9 atom stereocenters. The summed E-state index contributed by atoms with van der Waals surface area (Å²) in [7, 11) is 0. The molecular weight excluding hydrogens is 320 g/mol. The average molecular weight is 342 g/mol. The Morgan fingerprint density at radius 3 is 1.96 bits per heavy atom. The van der Waals surface area contributed by atoms with Crippen LogP contribution in [0.4, 0.5) is 0 Å². The van der Waals surface area contributed by atoms with Gasteiger partial charge in [-0.2, -0.15) is 0 Å². The summed E-state index contributed by atoms with van der Waals surface area (Å²) in [6.07, 6.45) is -17.2. The molecule has 1 aliphatic heterocycles. The van der Waals surface area contributed by atoms with Crippen LogP contribution in [0, 0.1) is 0 Å². The van der Waals surface area contributed by atoms with E-state index in [4.69, 9.17) is 14.9 Å². The third-order valence-corrected chi connectivity index (χ3v) is 3.72. The smallest absolute Gasteiger partial charge is 0.195 e. The first-order chi connectivity index (χ1) is 10.7. The fourth-order valence-corrected chi connectivity index (χ4v) is 2.20. The van der Waals surface area contributed by atoms with Crippen LogP contribution in [0.25, 0.3) is 0 Å². The van der Waals surface area contributed by atoms with Crippen molar-refractivity contribution in [1.82, 2.24) is 0 Å². The van der Waals surface area contributed by atoms with Gasteiger partial charge in [-0.3, -0.25) is 4.79 Å². The number of ketones is 1. The molecule has 1 aliphatic rings. The van der Waals surface area contributed by atoms with Crippen molar-refractivity contribution < 1.29 is 55.5 Å². The quantitative estimate of drug-likeness (QED) is 0.212. The van der Waals surface area contributed by atoms with Crippen molar-refractivity contribution >= 4 is 5.78 Å². The highest BCUT2D eigenvalue weighted by Gasteiger charge is 2.49. The lowest BCUT2D eigenvalue weighted by Gasteiger charge is -2.40. The zero-order chi connectivity index (χ0) is 17.9. The molecule has 0 spiro atoms. The fraction of sp³-hybridized carbons (Fsp3) is 0.917. The van der Waals surface area contributed by atoms with E-state index in [1.165, 1.54) is 0 Å². The number of hydrogen-bond donors (Lipinski definition) is 9. The van der Waals surface area contributed by atoms with Gasteiger partial charge in [0.25, 0.3) is 0 Å². The first-order valence-corrected chi connectivity index (χ1v) is 6.84. The van der Waals surface area contributed by atoms with Crippen LogP contribution in [0.5, 0.6) is 0 Å². The van der Waals surface area contributed by atoms with Crippen LogP contribution in [-0.2, 0) is 9.53 Å². The summed E-state index contributed by atoms with van der Waals surface area (Å²) in [4.78, 5) is 12.1. The second-order valence-electron chi connectivity index (χ2n) is 5.33. The number of rotatable bonds is 7. The van der Waals surface area contributed by atoms with Crippen LogP contribution in [0.3, 0.4) is 0 Å². The summed E-state index contributed by atoms with van der Waals surface area (Å²) >= 11 is 0. The fourth-order valence-electron chi connectivity index (χ4n) is 2.20. The van der Waals surface area contributed by atoms with Crippen molar-refractivity contribution in [2.24, 2.45) is 0 Å². The number of aliphatic hydroxyl groups is 9. The highest BCUT2D eigenvalue weighted by atomic mass is 16.5. The largest absolute Gasteiger partial charge is 0.394 e.